The fraction of sp³-hybridized carbons (Fsp3) is 0.385. The molecule has 0 heterocycles. The van der Waals surface area contributed by atoms with Crippen LogP contribution in [-0.2, 0) is 9.59 Å². The average Bonchev–Trinajstić information content (AvgIpc) is 2.36. The number of nitrogens with one attached hydrogen (secondary N) is 3. The van der Waals surface area contributed by atoms with Crippen LogP contribution in [0, 0.1) is 5.82 Å². The van der Waals surface area contributed by atoms with Gasteiger partial charge in [-0.25, -0.2) is 4.39 Å². The first-order valence-corrected chi connectivity index (χ1v) is 6.14. The maximum Gasteiger partial charge on any atom is 0.238 e. The standard InChI is InChI=1S/C13H18FN3O2/c1-2-6-16-12(18)8-15-9-13(19)17-11-5-3-4-10(14)7-11/h3-5,7,15H,2,6,8-9H2,1H3,(H,16,18)(H,17,19). The van der Waals surface area contributed by atoms with Gasteiger partial charge in [0.1, 0.15) is 5.82 Å². The zero-order chi connectivity index (χ0) is 14.1. The predicted molar refractivity (Wildman–Crippen MR) is 71.2 cm³/mol. The molecule has 1 aromatic rings. The fourth-order valence-corrected chi connectivity index (χ4v) is 1.39. The smallest absolute Gasteiger partial charge is 0.238 e. The summed E-state index contributed by atoms with van der Waals surface area (Å²) in [6.45, 7) is 2.66. The number of amides is 2. The summed E-state index contributed by atoms with van der Waals surface area (Å²) >= 11 is 0. The Labute approximate surface area is 111 Å². The molecule has 0 radical (unpaired) electrons. The van der Waals surface area contributed by atoms with Crippen LogP contribution in [0.25, 0.3) is 0 Å². The molecule has 0 saturated carbocycles. The Kier molecular flexibility index (Phi) is 6.52. The second-order valence-electron chi connectivity index (χ2n) is 4.01. The van der Waals surface area contributed by atoms with E-state index in [0.717, 1.165) is 6.42 Å². The molecule has 6 heteroatoms. The molecule has 1 aromatic carbocycles. The van der Waals surface area contributed by atoms with E-state index in [4.69, 9.17) is 0 Å². The number of benzene rings is 1. The van der Waals surface area contributed by atoms with Gasteiger partial charge in [0.2, 0.25) is 11.8 Å². The lowest BCUT2D eigenvalue weighted by molar-refractivity contribution is -0.120. The van der Waals surface area contributed by atoms with Crippen molar-refractivity contribution < 1.29 is 14.0 Å². The van der Waals surface area contributed by atoms with Crippen molar-refractivity contribution in [1.82, 2.24) is 10.6 Å². The Hall–Kier alpha value is -1.95. The third-order valence-electron chi connectivity index (χ3n) is 2.25. The lowest BCUT2D eigenvalue weighted by Crippen LogP contribution is -2.37. The van der Waals surface area contributed by atoms with Crippen LogP contribution in [0.3, 0.4) is 0 Å². The molecule has 19 heavy (non-hydrogen) atoms. The Morgan fingerprint density at radius 3 is 2.63 bits per heavy atom. The highest BCUT2D eigenvalue weighted by atomic mass is 19.1. The highest BCUT2D eigenvalue weighted by Gasteiger charge is 2.04. The topological polar surface area (TPSA) is 70.2 Å². The summed E-state index contributed by atoms with van der Waals surface area (Å²) < 4.78 is 12.9. The third-order valence-corrected chi connectivity index (χ3v) is 2.25. The largest absolute Gasteiger partial charge is 0.355 e. The third kappa shape index (κ3) is 6.52. The van der Waals surface area contributed by atoms with Gasteiger partial charge in [-0.05, 0) is 24.6 Å². The minimum absolute atomic E-state index is 0.00391. The van der Waals surface area contributed by atoms with E-state index >= 15 is 0 Å². The van der Waals surface area contributed by atoms with E-state index in [-0.39, 0.29) is 24.9 Å². The SMILES string of the molecule is CCCNC(=O)CNCC(=O)Nc1cccc(F)c1. The van der Waals surface area contributed by atoms with Crippen LogP contribution < -0.4 is 16.0 Å². The van der Waals surface area contributed by atoms with Gasteiger partial charge in [0.25, 0.3) is 0 Å². The Morgan fingerprint density at radius 1 is 1.21 bits per heavy atom. The van der Waals surface area contributed by atoms with Crippen LogP contribution in [0.1, 0.15) is 13.3 Å². The minimum atomic E-state index is -0.412. The van der Waals surface area contributed by atoms with Crippen molar-refractivity contribution in [3.8, 4) is 0 Å². The summed E-state index contributed by atoms with van der Waals surface area (Å²) in [5, 5.41) is 7.92. The zero-order valence-electron chi connectivity index (χ0n) is 10.8. The molecule has 0 saturated heterocycles. The molecule has 0 fully saturated rings. The molecule has 0 aliphatic rings. The van der Waals surface area contributed by atoms with Crippen LogP contribution in [0.5, 0.6) is 0 Å². The summed E-state index contributed by atoms with van der Waals surface area (Å²) in [6.07, 6.45) is 0.867. The predicted octanol–water partition coefficient (Wildman–Crippen LogP) is 0.880. The molecule has 0 atom stereocenters. The number of hydrogen-bond acceptors (Lipinski definition) is 3. The monoisotopic (exact) mass is 267 g/mol. The van der Waals surface area contributed by atoms with Crippen molar-refractivity contribution in [2.24, 2.45) is 0 Å². The number of carbonyl (C=O) groups excluding carboxylic acids is 2. The molecule has 3 N–H and O–H groups in total. The summed E-state index contributed by atoms with van der Waals surface area (Å²) in [5.41, 5.74) is 0.391. The van der Waals surface area contributed by atoms with Gasteiger partial charge in [0.15, 0.2) is 0 Å². The van der Waals surface area contributed by atoms with Crippen molar-refractivity contribution in [3.63, 3.8) is 0 Å². The van der Waals surface area contributed by atoms with Crippen LogP contribution in [0.4, 0.5) is 10.1 Å². The molecular formula is C13H18FN3O2. The lowest BCUT2D eigenvalue weighted by atomic mass is 10.3. The van der Waals surface area contributed by atoms with Gasteiger partial charge >= 0.3 is 0 Å². The van der Waals surface area contributed by atoms with Crippen molar-refractivity contribution in [2.45, 2.75) is 13.3 Å². The average molecular weight is 267 g/mol. The highest BCUT2D eigenvalue weighted by molar-refractivity contribution is 5.92. The first-order chi connectivity index (χ1) is 9.11. The van der Waals surface area contributed by atoms with Gasteiger partial charge in [0.05, 0.1) is 13.1 Å². The van der Waals surface area contributed by atoms with Gasteiger partial charge in [-0.3, -0.25) is 14.9 Å². The molecule has 0 bridgehead atoms. The molecule has 5 nitrogen and oxygen atoms in total. The van der Waals surface area contributed by atoms with E-state index in [1.807, 2.05) is 6.92 Å². The quantitative estimate of drug-likeness (QED) is 0.687. The second-order valence-corrected chi connectivity index (χ2v) is 4.01. The van der Waals surface area contributed by atoms with E-state index in [2.05, 4.69) is 16.0 Å². The zero-order valence-corrected chi connectivity index (χ0v) is 10.8. The van der Waals surface area contributed by atoms with Gasteiger partial charge in [-0.15, -0.1) is 0 Å². The summed E-state index contributed by atoms with van der Waals surface area (Å²) in [7, 11) is 0. The van der Waals surface area contributed by atoms with Crippen LogP contribution in [0.2, 0.25) is 0 Å². The second kappa shape index (κ2) is 8.20. The molecular weight excluding hydrogens is 249 g/mol. The first kappa shape index (κ1) is 15.1. The molecule has 0 aromatic heterocycles. The number of rotatable bonds is 7. The Morgan fingerprint density at radius 2 is 1.95 bits per heavy atom. The van der Waals surface area contributed by atoms with Gasteiger partial charge < -0.3 is 10.6 Å². The molecule has 104 valence electrons. The maximum absolute atomic E-state index is 12.9. The van der Waals surface area contributed by atoms with E-state index in [9.17, 15) is 14.0 Å². The molecule has 0 spiro atoms. The summed E-state index contributed by atoms with van der Waals surface area (Å²) in [6, 6.07) is 5.63. The van der Waals surface area contributed by atoms with Crippen molar-refractivity contribution >= 4 is 17.5 Å². The molecule has 0 aliphatic heterocycles. The highest BCUT2D eigenvalue weighted by Crippen LogP contribution is 2.08. The van der Waals surface area contributed by atoms with Crippen LogP contribution in [0.15, 0.2) is 24.3 Å². The molecule has 2 amide bonds. The Bertz CT molecular complexity index is 438. The molecule has 0 unspecified atom stereocenters. The summed E-state index contributed by atoms with van der Waals surface area (Å²) in [5.74, 6) is -0.890. The van der Waals surface area contributed by atoms with Crippen molar-refractivity contribution in [3.05, 3.63) is 30.1 Å². The van der Waals surface area contributed by atoms with Gasteiger partial charge in [-0.1, -0.05) is 13.0 Å². The van der Waals surface area contributed by atoms with Crippen molar-refractivity contribution in [1.29, 1.82) is 0 Å². The molecule has 0 aliphatic carbocycles. The van der Waals surface area contributed by atoms with Crippen LogP contribution >= 0.6 is 0 Å². The normalized spacial score (nSPS) is 10.0. The van der Waals surface area contributed by atoms with Crippen molar-refractivity contribution in [2.75, 3.05) is 25.0 Å². The van der Waals surface area contributed by atoms with Crippen LogP contribution in [-0.4, -0.2) is 31.4 Å². The summed E-state index contributed by atoms with van der Waals surface area (Å²) in [4.78, 5) is 22.7. The van der Waals surface area contributed by atoms with E-state index in [1.54, 1.807) is 6.07 Å². The lowest BCUT2D eigenvalue weighted by Gasteiger charge is -2.07. The number of hydrogen-bond donors (Lipinski definition) is 3. The molecule has 1 rings (SSSR count). The van der Waals surface area contributed by atoms with Gasteiger partial charge in [-0.2, -0.15) is 0 Å². The Balaban J connectivity index is 2.23. The maximum atomic E-state index is 12.9. The van der Waals surface area contributed by atoms with E-state index in [1.165, 1.54) is 18.2 Å². The van der Waals surface area contributed by atoms with Gasteiger partial charge in [0, 0.05) is 12.2 Å². The fourth-order valence-electron chi connectivity index (χ4n) is 1.39. The van der Waals surface area contributed by atoms with E-state index in [0.29, 0.717) is 12.2 Å². The number of halogens is 1. The van der Waals surface area contributed by atoms with E-state index < -0.39 is 5.82 Å². The minimum Gasteiger partial charge on any atom is -0.355 e. The number of anilines is 1. The first-order valence-electron chi connectivity index (χ1n) is 6.14. The number of carbonyl (C=O) groups is 2.